The van der Waals surface area contributed by atoms with Crippen LogP contribution in [-0.4, -0.2) is 11.1 Å². The summed E-state index contributed by atoms with van der Waals surface area (Å²) in [5, 5.41) is 9.06. The van der Waals surface area contributed by atoms with E-state index in [1.54, 1.807) is 0 Å². The zero-order chi connectivity index (χ0) is 10.8. The number of allylic oxidation sites excluding steroid dienone is 2. The van der Waals surface area contributed by atoms with E-state index in [-0.39, 0.29) is 11.8 Å². The Balaban J connectivity index is 2.26. The lowest BCUT2D eigenvalue weighted by atomic mass is 9.88. The molecule has 0 spiro atoms. The Kier molecular flexibility index (Phi) is 2.58. The molecule has 78 valence electrons. The number of benzene rings is 1. The van der Waals surface area contributed by atoms with E-state index >= 15 is 0 Å². The Morgan fingerprint density at radius 2 is 2.00 bits per heavy atom. The summed E-state index contributed by atoms with van der Waals surface area (Å²) < 4.78 is 0. The van der Waals surface area contributed by atoms with E-state index in [9.17, 15) is 4.79 Å². The largest absolute Gasteiger partial charge is 0.481 e. The molecule has 2 unspecified atom stereocenters. The topological polar surface area (TPSA) is 37.3 Å². The molecule has 0 saturated carbocycles. The maximum Gasteiger partial charge on any atom is 0.307 e. The van der Waals surface area contributed by atoms with E-state index in [0.717, 1.165) is 5.56 Å². The van der Waals surface area contributed by atoms with Crippen LogP contribution in [0, 0.1) is 12.8 Å². The van der Waals surface area contributed by atoms with Crippen LogP contribution in [0.15, 0.2) is 36.4 Å². The molecule has 1 aromatic carbocycles. The summed E-state index contributed by atoms with van der Waals surface area (Å²) in [6.07, 6.45) is 4.61. The molecular formula is C13H14O2. The van der Waals surface area contributed by atoms with Crippen molar-refractivity contribution in [2.75, 3.05) is 0 Å². The predicted molar refractivity (Wildman–Crippen MR) is 58.8 cm³/mol. The molecule has 2 rings (SSSR count). The van der Waals surface area contributed by atoms with Gasteiger partial charge >= 0.3 is 5.97 Å². The molecule has 1 aliphatic carbocycles. The van der Waals surface area contributed by atoms with Crippen molar-refractivity contribution in [2.45, 2.75) is 19.3 Å². The van der Waals surface area contributed by atoms with Gasteiger partial charge < -0.3 is 5.11 Å². The normalized spacial score (nSPS) is 24.3. The quantitative estimate of drug-likeness (QED) is 0.749. The first kappa shape index (κ1) is 9.97. The van der Waals surface area contributed by atoms with Crippen LogP contribution in [0.2, 0.25) is 0 Å². The van der Waals surface area contributed by atoms with E-state index in [4.69, 9.17) is 5.11 Å². The van der Waals surface area contributed by atoms with Crippen LogP contribution < -0.4 is 0 Å². The van der Waals surface area contributed by atoms with Crippen LogP contribution in [0.3, 0.4) is 0 Å². The Hall–Kier alpha value is -1.57. The molecule has 0 aromatic heterocycles. The molecule has 0 radical (unpaired) electrons. The Bertz CT molecular complexity index is 390. The van der Waals surface area contributed by atoms with Gasteiger partial charge in [-0.15, -0.1) is 0 Å². The van der Waals surface area contributed by atoms with Crippen LogP contribution in [0.1, 0.15) is 23.5 Å². The van der Waals surface area contributed by atoms with Crippen molar-refractivity contribution in [2.24, 2.45) is 5.92 Å². The Morgan fingerprint density at radius 3 is 2.60 bits per heavy atom. The van der Waals surface area contributed by atoms with E-state index in [0.29, 0.717) is 6.42 Å². The third-order valence-electron chi connectivity index (χ3n) is 2.95. The predicted octanol–water partition coefficient (Wildman–Crippen LogP) is 2.74. The fraction of sp³-hybridized carbons (Fsp3) is 0.308. The minimum Gasteiger partial charge on any atom is -0.481 e. The average Bonchev–Trinajstić information content (AvgIpc) is 2.67. The summed E-state index contributed by atoms with van der Waals surface area (Å²) in [7, 11) is 0. The van der Waals surface area contributed by atoms with Crippen LogP contribution >= 0.6 is 0 Å². The highest BCUT2D eigenvalue weighted by Crippen LogP contribution is 2.34. The van der Waals surface area contributed by atoms with E-state index in [2.05, 4.69) is 0 Å². The molecule has 1 N–H and O–H groups in total. The van der Waals surface area contributed by atoms with Gasteiger partial charge in [0.1, 0.15) is 0 Å². The lowest BCUT2D eigenvalue weighted by Gasteiger charge is -2.15. The van der Waals surface area contributed by atoms with Gasteiger partial charge in [-0.25, -0.2) is 0 Å². The lowest BCUT2D eigenvalue weighted by Crippen LogP contribution is -2.17. The maximum absolute atomic E-state index is 11.0. The van der Waals surface area contributed by atoms with Gasteiger partial charge in [-0.2, -0.15) is 0 Å². The fourth-order valence-electron chi connectivity index (χ4n) is 2.04. The highest BCUT2D eigenvalue weighted by molar-refractivity contribution is 5.73. The molecule has 0 heterocycles. The lowest BCUT2D eigenvalue weighted by molar-refractivity contribution is -0.141. The van der Waals surface area contributed by atoms with Crippen molar-refractivity contribution < 1.29 is 9.90 Å². The van der Waals surface area contributed by atoms with Crippen molar-refractivity contribution in [3.8, 4) is 0 Å². The Morgan fingerprint density at radius 1 is 1.33 bits per heavy atom. The molecule has 2 nitrogen and oxygen atoms in total. The number of rotatable bonds is 2. The van der Waals surface area contributed by atoms with Crippen LogP contribution in [0.5, 0.6) is 0 Å². The van der Waals surface area contributed by atoms with Gasteiger partial charge in [0, 0.05) is 5.92 Å². The minimum atomic E-state index is -0.703. The standard InChI is InChI=1S/C13H14O2/c1-9-5-7-10(8-6-9)11-3-2-4-12(11)13(14)15/h2-3,5-8,11-12H,4H2,1H3,(H,14,15). The van der Waals surface area contributed by atoms with Crippen LogP contribution in [-0.2, 0) is 4.79 Å². The molecule has 0 amide bonds. The number of carboxylic acids is 1. The van der Waals surface area contributed by atoms with Gasteiger partial charge in [-0.3, -0.25) is 4.79 Å². The zero-order valence-corrected chi connectivity index (χ0v) is 8.68. The van der Waals surface area contributed by atoms with Crippen molar-refractivity contribution in [3.05, 3.63) is 47.5 Å². The van der Waals surface area contributed by atoms with Gasteiger partial charge in [-0.1, -0.05) is 42.0 Å². The summed E-state index contributed by atoms with van der Waals surface area (Å²) in [5.74, 6) is -0.943. The van der Waals surface area contributed by atoms with Gasteiger partial charge in [0.25, 0.3) is 0 Å². The summed E-state index contributed by atoms with van der Waals surface area (Å²) in [4.78, 5) is 11.0. The molecule has 0 bridgehead atoms. The summed E-state index contributed by atoms with van der Waals surface area (Å²) in [6, 6.07) is 8.10. The first-order valence-electron chi connectivity index (χ1n) is 5.14. The highest BCUT2D eigenvalue weighted by Gasteiger charge is 2.29. The average molecular weight is 202 g/mol. The monoisotopic (exact) mass is 202 g/mol. The molecule has 1 aromatic rings. The van der Waals surface area contributed by atoms with Gasteiger partial charge in [0.15, 0.2) is 0 Å². The number of carboxylic acid groups (broad SMARTS) is 1. The summed E-state index contributed by atoms with van der Waals surface area (Å²) >= 11 is 0. The Labute approximate surface area is 89.2 Å². The number of hydrogen-bond donors (Lipinski definition) is 1. The van der Waals surface area contributed by atoms with Crippen molar-refractivity contribution in [1.29, 1.82) is 0 Å². The third kappa shape index (κ3) is 1.94. The molecule has 0 saturated heterocycles. The first-order valence-corrected chi connectivity index (χ1v) is 5.14. The van der Waals surface area contributed by atoms with Gasteiger partial charge in [-0.05, 0) is 18.9 Å². The molecule has 15 heavy (non-hydrogen) atoms. The highest BCUT2D eigenvalue weighted by atomic mass is 16.4. The van der Waals surface area contributed by atoms with Gasteiger partial charge in [0.2, 0.25) is 0 Å². The second-order valence-electron chi connectivity index (χ2n) is 4.05. The van der Waals surface area contributed by atoms with Crippen LogP contribution in [0.25, 0.3) is 0 Å². The van der Waals surface area contributed by atoms with E-state index in [1.807, 2.05) is 43.3 Å². The summed E-state index contributed by atoms with van der Waals surface area (Å²) in [6.45, 7) is 2.03. The van der Waals surface area contributed by atoms with E-state index < -0.39 is 5.97 Å². The molecule has 2 heteroatoms. The molecule has 0 aliphatic heterocycles. The third-order valence-corrected chi connectivity index (χ3v) is 2.95. The first-order chi connectivity index (χ1) is 7.18. The fourth-order valence-corrected chi connectivity index (χ4v) is 2.04. The number of aliphatic carboxylic acids is 1. The zero-order valence-electron chi connectivity index (χ0n) is 8.68. The second kappa shape index (κ2) is 3.89. The summed E-state index contributed by atoms with van der Waals surface area (Å²) in [5.41, 5.74) is 2.30. The van der Waals surface area contributed by atoms with E-state index in [1.165, 1.54) is 5.56 Å². The van der Waals surface area contributed by atoms with Crippen molar-refractivity contribution >= 4 is 5.97 Å². The number of hydrogen-bond acceptors (Lipinski definition) is 1. The van der Waals surface area contributed by atoms with Crippen molar-refractivity contribution in [3.63, 3.8) is 0 Å². The maximum atomic E-state index is 11.0. The van der Waals surface area contributed by atoms with Crippen molar-refractivity contribution in [1.82, 2.24) is 0 Å². The second-order valence-corrected chi connectivity index (χ2v) is 4.05. The number of carbonyl (C=O) groups is 1. The number of aryl methyl sites for hydroxylation is 1. The SMILES string of the molecule is Cc1ccc(C2C=CCC2C(=O)O)cc1. The molecule has 0 fully saturated rings. The van der Waals surface area contributed by atoms with Gasteiger partial charge in [0.05, 0.1) is 5.92 Å². The molecule has 1 aliphatic rings. The minimum absolute atomic E-state index is 0.0445. The smallest absolute Gasteiger partial charge is 0.307 e. The molecular weight excluding hydrogens is 188 g/mol. The molecule has 2 atom stereocenters. The van der Waals surface area contributed by atoms with Crippen LogP contribution in [0.4, 0.5) is 0 Å².